The minimum absolute atomic E-state index is 0.124. The van der Waals surface area contributed by atoms with E-state index in [9.17, 15) is 4.79 Å². The fourth-order valence-electron chi connectivity index (χ4n) is 0.979. The summed E-state index contributed by atoms with van der Waals surface area (Å²) in [5.74, 6) is -0.284. The normalized spacial score (nSPS) is 13.7. The van der Waals surface area contributed by atoms with Crippen molar-refractivity contribution < 1.29 is 14.3 Å². The summed E-state index contributed by atoms with van der Waals surface area (Å²) in [5, 5.41) is 3.13. The first kappa shape index (κ1) is 14.4. The maximum atomic E-state index is 11.5. The molecule has 0 bridgehead atoms. The number of methoxy groups -OCH3 is 1. The number of esters is 1. The minimum atomic E-state index is -0.405. The molecule has 0 heterocycles. The molecule has 0 rings (SSSR count). The van der Waals surface area contributed by atoms with E-state index in [0.29, 0.717) is 13.2 Å². The Balaban J connectivity index is 3.70. The van der Waals surface area contributed by atoms with Crippen molar-refractivity contribution in [3.05, 3.63) is 0 Å². The summed E-state index contributed by atoms with van der Waals surface area (Å²) in [6.45, 7) is 9.50. The molecule has 0 aromatic heterocycles. The maximum absolute atomic E-state index is 11.5. The van der Waals surface area contributed by atoms with Gasteiger partial charge in [-0.25, -0.2) is 0 Å². The van der Waals surface area contributed by atoms with Gasteiger partial charge in [-0.1, -0.05) is 6.92 Å². The molecule has 0 radical (unpaired) electrons. The smallest absolute Gasteiger partial charge is 0.310 e. The van der Waals surface area contributed by atoms with Crippen LogP contribution in [0.5, 0.6) is 0 Å². The van der Waals surface area contributed by atoms with Gasteiger partial charge >= 0.3 is 5.97 Å². The van der Waals surface area contributed by atoms with Crippen LogP contribution in [0.2, 0.25) is 0 Å². The van der Waals surface area contributed by atoms with E-state index in [1.165, 1.54) is 0 Å². The van der Waals surface area contributed by atoms with E-state index in [1.54, 1.807) is 7.11 Å². The van der Waals surface area contributed by atoms with Crippen LogP contribution in [0.25, 0.3) is 0 Å². The van der Waals surface area contributed by atoms with Crippen LogP contribution in [-0.2, 0) is 14.3 Å². The summed E-state index contributed by atoms with van der Waals surface area (Å²) in [6, 6.07) is 0. The Morgan fingerprint density at radius 1 is 1.40 bits per heavy atom. The van der Waals surface area contributed by atoms with Gasteiger partial charge in [0.1, 0.15) is 5.60 Å². The van der Waals surface area contributed by atoms with Crippen molar-refractivity contribution in [3.8, 4) is 0 Å². The van der Waals surface area contributed by atoms with Crippen molar-refractivity contribution >= 4 is 5.97 Å². The Morgan fingerprint density at radius 2 is 2.00 bits per heavy atom. The van der Waals surface area contributed by atoms with Gasteiger partial charge in [0.15, 0.2) is 0 Å². The number of ether oxygens (including phenoxy) is 2. The third kappa shape index (κ3) is 8.39. The average molecular weight is 217 g/mol. The molecule has 0 aliphatic carbocycles. The molecule has 0 aromatic carbocycles. The molecule has 90 valence electrons. The van der Waals surface area contributed by atoms with E-state index >= 15 is 0 Å². The lowest BCUT2D eigenvalue weighted by atomic mass is 10.1. The molecule has 0 aromatic rings. The van der Waals surface area contributed by atoms with Crippen LogP contribution < -0.4 is 5.32 Å². The molecular weight excluding hydrogens is 194 g/mol. The summed E-state index contributed by atoms with van der Waals surface area (Å²) in [5.41, 5.74) is -0.405. The first-order valence-electron chi connectivity index (χ1n) is 5.29. The molecule has 0 saturated heterocycles. The molecule has 0 saturated carbocycles. The Hall–Kier alpha value is -0.610. The fourth-order valence-corrected chi connectivity index (χ4v) is 0.979. The van der Waals surface area contributed by atoms with Gasteiger partial charge in [-0.05, 0) is 20.8 Å². The van der Waals surface area contributed by atoms with Crippen LogP contribution in [0.4, 0.5) is 0 Å². The quantitative estimate of drug-likeness (QED) is 0.536. The van der Waals surface area contributed by atoms with Gasteiger partial charge in [-0.2, -0.15) is 0 Å². The number of carbonyl (C=O) groups is 1. The topological polar surface area (TPSA) is 47.6 Å². The van der Waals surface area contributed by atoms with E-state index < -0.39 is 5.60 Å². The maximum Gasteiger partial charge on any atom is 0.310 e. The first-order valence-corrected chi connectivity index (χ1v) is 5.29. The number of hydrogen-bond donors (Lipinski definition) is 1. The Labute approximate surface area is 92.3 Å². The molecule has 15 heavy (non-hydrogen) atoms. The molecule has 1 atom stereocenters. The lowest BCUT2D eigenvalue weighted by Crippen LogP contribution is -2.34. The van der Waals surface area contributed by atoms with Crippen molar-refractivity contribution in [1.29, 1.82) is 0 Å². The lowest BCUT2D eigenvalue weighted by Gasteiger charge is -2.22. The predicted octanol–water partition coefficient (Wildman–Crippen LogP) is 1.20. The highest BCUT2D eigenvalue weighted by atomic mass is 16.6. The fraction of sp³-hybridized carbons (Fsp3) is 0.909. The second-order valence-electron chi connectivity index (χ2n) is 4.63. The van der Waals surface area contributed by atoms with Crippen LogP contribution in [0.15, 0.2) is 0 Å². The molecule has 0 fully saturated rings. The molecule has 4 nitrogen and oxygen atoms in total. The molecule has 4 heteroatoms. The van der Waals surface area contributed by atoms with Gasteiger partial charge in [0.25, 0.3) is 0 Å². The third-order valence-corrected chi connectivity index (χ3v) is 1.74. The SMILES string of the molecule is COCCNCC(C)C(=O)OC(C)(C)C. The largest absolute Gasteiger partial charge is 0.460 e. The van der Waals surface area contributed by atoms with E-state index in [-0.39, 0.29) is 11.9 Å². The van der Waals surface area contributed by atoms with Crippen molar-refractivity contribution in [3.63, 3.8) is 0 Å². The highest BCUT2D eigenvalue weighted by molar-refractivity contribution is 5.72. The van der Waals surface area contributed by atoms with Gasteiger partial charge in [0, 0.05) is 20.2 Å². The summed E-state index contributed by atoms with van der Waals surface area (Å²) >= 11 is 0. The van der Waals surface area contributed by atoms with Crippen LogP contribution >= 0.6 is 0 Å². The lowest BCUT2D eigenvalue weighted by molar-refractivity contribution is -0.159. The standard InChI is InChI=1S/C11H23NO3/c1-9(8-12-6-7-14-5)10(13)15-11(2,3)4/h9,12H,6-8H2,1-5H3. The van der Waals surface area contributed by atoms with Crippen LogP contribution in [-0.4, -0.2) is 38.4 Å². The monoisotopic (exact) mass is 217 g/mol. The molecule has 0 spiro atoms. The zero-order valence-electron chi connectivity index (χ0n) is 10.4. The van der Waals surface area contributed by atoms with Crippen LogP contribution in [0, 0.1) is 5.92 Å². The van der Waals surface area contributed by atoms with Gasteiger partial charge in [-0.3, -0.25) is 4.79 Å². The molecule has 1 unspecified atom stereocenters. The van der Waals surface area contributed by atoms with E-state index in [0.717, 1.165) is 6.54 Å². The minimum Gasteiger partial charge on any atom is -0.460 e. The van der Waals surface area contributed by atoms with Crippen LogP contribution in [0.3, 0.4) is 0 Å². The summed E-state index contributed by atoms with van der Waals surface area (Å²) in [4.78, 5) is 11.5. The van der Waals surface area contributed by atoms with Gasteiger partial charge in [-0.15, -0.1) is 0 Å². The first-order chi connectivity index (χ1) is 6.87. The zero-order valence-corrected chi connectivity index (χ0v) is 10.4. The molecule has 0 aliphatic heterocycles. The van der Waals surface area contributed by atoms with Gasteiger partial charge in [0.05, 0.1) is 12.5 Å². The van der Waals surface area contributed by atoms with Crippen molar-refractivity contribution in [2.45, 2.75) is 33.3 Å². The van der Waals surface area contributed by atoms with Gasteiger partial charge < -0.3 is 14.8 Å². The highest BCUT2D eigenvalue weighted by Crippen LogP contribution is 2.10. The van der Waals surface area contributed by atoms with Crippen molar-refractivity contribution in [2.75, 3.05) is 26.8 Å². The van der Waals surface area contributed by atoms with Crippen molar-refractivity contribution in [1.82, 2.24) is 5.32 Å². The second-order valence-corrected chi connectivity index (χ2v) is 4.63. The third-order valence-electron chi connectivity index (χ3n) is 1.74. The molecule has 1 N–H and O–H groups in total. The zero-order chi connectivity index (χ0) is 11.9. The Morgan fingerprint density at radius 3 is 2.47 bits per heavy atom. The average Bonchev–Trinajstić information content (AvgIpc) is 2.09. The van der Waals surface area contributed by atoms with E-state index in [4.69, 9.17) is 9.47 Å². The number of nitrogens with one attached hydrogen (secondary N) is 1. The molecule has 0 amide bonds. The number of carbonyl (C=O) groups excluding carboxylic acids is 1. The number of hydrogen-bond acceptors (Lipinski definition) is 4. The summed E-state index contributed by atoms with van der Waals surface area (Å²) in [7, 11) is 1.65. The van der Waals surface area contributed by atoms with Crippen molar-refractivity contribution in [2.24, 2.45) is 5.92 Å². The predicted molar refractivity (Wildman–Crippen MR) is 59.8 cm³/mol. The second kappa shape index (κ2) is 6.80. The number of rotatable bonds is 6. The van der Waals surface area contributed by atoms with Crippen LogP contribution in [0.1, 0.15) is 27.7 Å². The molecule has 0 aliphatic rings. The van der Waals surface area contributed by atoms with Gasteiger partial charge in [0.2, 0.25) is 0 Å². The highest BCUT2D eigenvalue weighted by Gasteiger charge is 2.20. The summed E-state index contributed by atoms with van der Waals surface area (Å²) < 4.78 is 10.1. The Kier molecular flexibility index (Phi) is 6.52. The van der Waals surface area contributed by atoms with E-state index in [1.807, 2.05) is 27.7 Å². The summed E-state index contributed by atoms with van der Waals surface area (Å²) in [6.07, 6.45) is 0. The van der Waals surface area contributed by atoms with E-state index in [2.05, 4.69) is 5.32 Å². The molecular formula is C11H23NO3. The Bertz CT molecular complexity index is 187.